The molecule has 0 amide bonds. The minimum atomic E-state index is -4.21. The Kier molecular flexibility index (Phi) is 6.09. The maximum atomic E-state index is 13.2. The van der Waals surface area contributed by atoms with Crippen LogP contribution in [0.1, 0.15) is 0 Å². The fourth-order valence-electron chi connectivity index (χ4n) is 2.06. The average Bonchev–Trinajstić information content (AvgIpc) is 2.66. The molecule has 0 radical (unpaired) electrons. The van der Waals surface area contributed by atoms with Crippen LogP contribution in [0.4, 0.5) is 5.69 Å². The lowest BCUT2D eigenvalue weighted by Crippen LogP contribution is -2.07. The van der Waals surface area contributed by atoms with E-state index in [1.54, 1.807) is 24.3 Å². The Bertz CT molecular complexity index is 958. The molecule has 0 aliphatic rings. The summed E-state index contributed by atoms with van der Waals surface area (Å²) < 4.78 is 29.6. The van der Waals surface area contributed by atoms with Gasteiger partial charge in [0.05, 0.1) is 4.92 Å². The summed E-state index contributed by atoms with van der Waals surface area (Å²) in [6.07, 6.45) is 0. The van der Waals surface area contributed by atoms with Gasteiger partial charge in [0.1, 0.15) is 17.2 Å². The fourth-order valence-corrected chi connectivity index (χ4v) is 3.57. The predicted octanol–water partition coefficient (Wildman–Crippen LogP) is 6.55. The Labute approximate surface area is 170 Å². The summed E-state index contributed by atoms with van der Waals surface area (Å²) in [5.74, 6) is 0.462. The van der Waals surface area contributed by atoms with E-state index in [0.717, 1.165) is 0 Å². The second kappa shape index (κ2) is 8.52. The van der Waals surface area contributed by atoms with Crippen molar-refractivity contribution in [2.45, 2.75) is 0 Å². The molecule has 0 atom stereocenters. The van der Waals surface area contributed by atoms with Crippen molar-refractivity contribution >= 4 is 36.7 Å². The first-order valence-corrected chi connectivity index (χ1v) is 9.99. The second-order valence-corrected chi connectivity index (χ2v) is 7.69. The molecule has 10 heteroatoms. The number of phosphoric ester groups is 1. The monoisotopic (exact) mass is 439 g/mol. The van der Waals surface area contributed by atoms with Crippen LogP contribution in [0.15, 0.2) is 72.8 Å². The number of benzene rings is 3. The molecule has 0 unspecified atom stereocenters. The van der Waals surface area contributed by atoms with Crippen LogP contribution in [-0.2, 0) is 4.57 Å². The molecule has 0 fully saturated rings. The van der Waals surface area contributed by atoms with Gasteiger partial charge in [-0.3, -0.25) is 10.1 Å². The average molecular weight is 440 g/mol. The molecule has 0 aliphatic carbocycles. The molecule has 0 aliphatic heterocycles. The number of nitro benzene ring substituents is 1. The molecule has 3 aromatic carbocycles. The lowest BCUT2D eigenvalue weighted by atomic mass is 10.3. The molecule has 0 heterocycles. The quantitative estimate of drug-likeness (QED) is 0.235. The zero-order valence-electron chi connectivity index (χ0n) is 14.0. The third-order valence-electron chi connectivity index (χ3n) is 3.33. The van der Waals surface area contributed by atoms with Crippen molar-refractivity contribution in [2.75, 3.05) is 0 Å². The third kappa shape index (κ3) is 5.39. The molecule has 0 saturated heterocycles. The summed E-state index contributed by atoms with van der Waals surface area (Å²) in [5, 5.41) is 11.7. The third-order valence-corrected chi connectivity index (χ3v) is 5.13. The van der Waals surface area contributed by atoms with E-state index in [9.17, 15) is 14.7 Å². The minimum absolute atomic E-state index is 0.0665. The van der Waals surface area contributed by atoms with E-state index in [0.29, 0.717) is 10.0 Å². The van der Waals surface area contributed by atoms with Gasteiger partial charge in [0.25, 0.3) is 5.69 Å². The van der Waals surface area contributed by atoms with E-state index in [-0.39, 0.29) is 22.9 Å². The standard InChI is InChI=1S/C18H12Cl2NO6P/c19-13-1-7-16(8-2-13)25-28(24,26-17-9-3-14(20)4-10-17)27-18-11-5-15(6-12-18)21(22)23/h1-12H. The molecular formula is C18H12Cl2NO6P. The van der Waals surface area contributed by atoms with Crippen LogP contribution in [0.3, 0.4) is 0 Å². The highest BCUT2D eigenvalue weighted by Gasteiger charge is 2.33. The zero-order valence-corrected chi connectivity index (χ0v) is 16.4. The highest BCUT2D eigenvalue weighted by Crippen LogP contribution is 2.50. The fraction of sp³-hybridized carbons (Fsp3) is 0. The van der Waals surface area contributed by atoms with E-state index in [2.05, 4.69) is 0 Å². The van der Waals surface area contributed by atoms with Crippen LogP contribution in [0.5, 0.6) is 17.2 Å². The van der Waals surface area contributed by atoms with Gasteiger partial charge in [-0.15, -0.1) is 0 Å². The number of nitrogens with zero attached hydrogens (tertiary/aromatic N) is 1. The summed E-state index contributed by atoms with van der Waals surface area (Å²) in [4.78, 5) is 10.2. The molecule has 144 valence electrons. The van der Waals surface area contributed by atoms with Gasteiger partial charge in [-0.1, -0.05) is 23.2 Å². The molecular weight excluding hydrogens is 428 g/mol. The van der Waals surface area contributed by atoms with E-state index in [4.69, 9.17) is 36.8 Å². The normalized spacial score (nSPS) is 10.9. The summed E-state index contributed by atoms with van der Waals surface area (Å²) >= 11 is 11.7. The maximum Gasteiger partial charge on any atom is 0.647 e. The molecule has 7 nitrogen and oxygen atoms in total. The van der Waals surface area contributed by atoms with Crippen LogP contribution in [0, 0.1) is 10.1 Å². The first-order chi connectivity index (χ1) is 13.3. The number of phosphoric acid groups is 1. The van der Waals surface area contributed by atoms with E-state index < -0.39 is 12.7 Å². The SMILES string of the molecule is O=[N+]([O-])c1ccc(OP(=O)(Oc2ccc(Cl)cc2)Oc2ccc(Cl)cc2)cc1. The highest BCUT2D eigenvalue weighted by molar-refractivity contribution is 7.49. The van der Waals surface area contributed by atoms with Gasteiger partial charge in [0.15, 0.2) is 0 Å². The molecule has 0 spiro atoms. The number of hydrogen-bond donors (Lipinski definition) is 0. The number of rotatable bonds is 7. The van der Waals surface area contributed by atoms with Crippen LogP contribution in [0.25, 0.3) is 0 Å². The first kappa shape index (κ1) is 20.0. The summed E-state index contributed by atoms with van der Waals surface area (Å²) in [5.41, 5.74) is -0.139. The van der Waals surface area contributed by atoms with Gasteiger partial charge in [0.2, 0.25) is 0 Å². The van der Waals surface area contributed by atoms with Gasteiger partial charge in [-0.2, -0.15) is 4.57 Å². The van der Waals surface area contributed by atoms with Crippen LogP contribution in [0.2, 0.25) is 10.0 Å². The van der Waals surface area contributed by atoms with Gasteiger partial charge in [-0.05, 0) is 60.7 Å². The van der Waals surface area contributed by atoms with Crippen LogP contribution < -0.4 is 13.6 Å². The Morgan fingerprint density at radius 1 is 0.679 bits per heavy atom. The lowest BCUT2D eigenvalue weighted by Gasteiger charge is -2.19. The number of non-ortho nitro benzene ring substituents is 1. The van der Waals surface area contributed by atoms with Crippen molar-refractivity contribution in [3.63, 3.8) is 0 Å². The van der Waals surface area contributed by atoms with Gasteiger partial charge in [-0.25, -0.2) is 0 Å². The van der Waals surface area contributed by atoms with Gasteiger partial charge < -0.3 is 13.6 Å². The molecule has 0 bridgehead atoms. The number of halogens is 2. The molecule has 3 aromatic rings. The van der Waals surface area contributed by atoms with Crippen molar-refractivity contribution in [3.8, 4) is 17.2 Å². The van der Waals surface area contributed by atoms with Crippen molar-refractivity contribution in [2.24, 2.45) is 0 Å². The van der Waals surface area contributed by atoms with Crippen molar-refractivity contribution < 1.29 is 23.1 Å². The molecule has 3 rings (SSSR count). The van der Waals surface area contributed by atoms with E-state index in [1.807, 2.05) is 0 Å². The van der Waals surface area contributed by atoms with Crippen molar-refractivity contribution in [1.29, 1.82) is 0 Å². The second-order valence-electron chi connectivity index (χ2n) is 5.38. The smallest absolute Gasteiger partial charge is 0.386 e. The number of hydrogen-bond acceptors (Lipinski definition) is 6. The minimum Gasteiger partial charge on any atom is -0.386 e. The predicted molar refractivity (Wildman–Crippen MR) is 105 cm³/mol. The number of nitro groups is 1. The maximum absolute atomic E-state index is 13.2. The Hall–Kier alpha value is -2.73. The largest absolute Gasteiger partial charge is 0.647 e. The molecule has 0 N–H and O–H groups in total. The Balaban J connectivity index is 1.88. The van der Waals surface area contributed by atoms with Gasteiger partial charge >= 0.3 is 7.82 Å². The molecule has 0 saturated carbocycles. The zero-order chi connectivity index (χ0) is 20.1. The summed E-state index contributed by atoms with van der Waals surface area (Å²) in [7, 11) is -4.21. The molecule has 28 heavy (non-hydrogen) atoms. The van der Waals surface area contributed by atoms with Crippen LogP contribution >= 0.6 is 31.0 Å². The summed E-state index contributed by atoms with van der Waals surface area (Å²) in [6, 6.07) is 17.2. The summed E-state index contributed by atoms with van der Waals surface area (Å²) in [6.45, 7) is 0. The van der Waals surface area contributed by atoms with Crippen molar-refractivity contribution in [1.82, 2.24) is 0 Å². The lowest BCUT2D eigenvalue weighted by molar-refractivity contribution is -0.384. The first-order valence-electron chi connectivity index (χ1n) is 7.77. The Morgan fingerprint density at radius 2 is 1.00 bits per heavy atom. The van der Waals surface area contributed by atoms with Crippen molar-refractivity contribution in [3.05, 3.63) is 93.0 Å². The topological polar surface area (TPSA) is 87.9 Å². The van der Waals surface area contributed by atoms with Gasteiger partial charge in [0, 0.05) is 22.2 Å². The molecule has 0 aromatic heterocycles. The van der Waals surface area contributed by atoms with Crippen LogP contribution in [-0.4, -0.2) is 4.92 Å². The van der Waals surface area contributed by atoms with E-state index >= 15 is 0 Å². The van der Waals surface area contributed by atoms with E-state index in [1.165, 1.54) is 48.5 Å². The highest BCUT2D eigenvalue weighted by atomic mass is 35.5. The Morgan fingerprint density at radius 3 is 1.32 bits per heavy atom.